The van der Waals surface area contributed by atoms with Gasteiger partial charge in [0, 0.05) is 13.5 Å². The van der Waals surface area contributed by atoms with Gasteiger partial charge in [0.15, 0.2) is 5.75 Å². The van der Waals surface area contributed by atoms with Gasteiger partial charge in [0.1, 0.15) is 5.69 Å². The number of halogens is 5. The van der Waals surface area contributed by atoms with E-state index in [2.05, 4.69) is 30.9 Å². The van der Waals surface area contributed by atoms with Crippen molar-refractivity contribution in [1.82, 2.24) is 20.2 Å². The van der Waals surface area contributed by atoms with Crippen LogP contribution in [0.15, 0.2) is 12.1 Å². The van der Waals surface area contributed by atoms with Crippen LogP contribution < -0.4 is 15.4 Å². The molecule has 0 aliphatic heterocycles. The van der Waals surface area contributed by atoms with Crippen LogP contribution in [0.3, 0.4) is 0 Å². The zero-order valence-electron chi connectivity index (χ0n) is 14.3. The number of carbonyl (C=O) groups is 2. The number of tetrazole rings is 1. The Bertz CT molecular complexity index is 892. The van der Waals surface area contributed by atoms with Crippen LogP contribution in [-0.4, -0.2) is 44.6 Å². The number of nitrogens with one attached hydrogen (secondary N) is 2. The molecule has 0 fully saturated rings. The molecule has 2 amide bonds. The maximum Gasteiger partial charge on any atom is 0.461 e. The average Bonchev–Trinajstić information content (AvgIpc) is 3.02. The molecule has 2 aromatic rings. The molecule has 0 spiro atoms. The predicted molar refractivity (Wildman–Crippen MR) is 88.7 cm³/mol. The number of ether oxygens (including phenoxy) is 1. The molecule has 0 aliphatic carbocycles. The number of aromatic nitrogens is 4. The van der Waals surface area contributed by atoms with E-state index in [1.165, 1.54) is 14.0 Å². The summed E-state index contributed by atoms with van der Waals surface area (Å²) >= 11 is 6.05. The van der Waals surface area contributed by atoms with E-state index >= 15 is 0 Å². The van der Waals surface area contributed by atoms with Gasteiger partial charge in [-0.15, -0.1) is 0 Å². The van der Waals surface area contributed by atoms with Gasteiger partial charge in [0.2, 0.25) is 11.9 Å². The zero-order valence-corrected chi connectivity index (χ0v) is 15.1. The van der Waals surface area contributed by atoms with E-state index in [0.29, 0.717) is 0 Å². The highest BCUT2D eigenvalue weighted by molar-refractivity contribution is 6.37. The lowest BCUT2D eigenvalue weighted by atomic mass is 10.1. The molecule has 0 saturated carbocycles. The summed E-state index contributed by atoms with van der Waals surface area (Å²) in [7, 11) is 1.44. The van der Waals surface area contributed by atoms with Crippen molar-refractivity contribution in [3.8, 4) is 5.75 Å². The second-order valence-electron chi connectivity index (χ2n) is 5.25. The summed E-state index contributed by atoms with van der Waals surface area (Å²) in [6.45, 7) is 1.45. The summed E-state index contributed by atoms with van der Waals surface area (Å²) in [6.07, 6.45) is -9.06. The van der Waals surface area contributed by atoms with E-state index in [1.807, 2.05) is 0 Å². The third-order valence-electron chi connectivity index (χ3n) is 3.28. The van der Waals surface area contributed by atoms with E-state index in [4.69, 9.17) is 11.6 Å². The molecule has 1 aromatic carbocycles. The fourth-order valence-electron chi connectivity index (χ4n) is 1.86. The Labute approximate surface area is 160 Å². The molecule has 152 valence electrons. The van der Waals surface area contributed by atoms with Crippen molar-refractivity contribution in [2.24, 2.45) is 7.05 Å². The highest BCUT2D eigenvalue weighted by Gasteiger charge is 2.44. The number of rotatable bonds is 7. The van der Waals surface area contributed by atoms with E-state index in [-0.39, 0.29) is 17.9 Å². The Morgan fingerprint density at radius 2 is 2.00 bits per heavy atom. The number of aryl methyl sites for hydroxylation is 1. The topological polar surface area (TPSA) is 111 Å². The molecule has 0 atom stereocenters. The van der Waals surface area contributed by atoms with Crippen LogP contribution in [0, 0.1) is 0 Å². The summed E-state index contributed by atoms with van der Waals surface area (Å²) in [5, 5.41) is 14.3. The average molecular weight is 425 g/mol. The van der Waals surface area contributed by atoms with E-state index in [0.717, 1.165) is 16.8 Å². The van der Waals surface area contributed by atoms with Gasteiger partial charge >= 0.3 is 12.5 Å². The van der Waals surface area contributed by atoms with Crippen LogP contribution in [0.5, 0.6) is 5.75 Å². The van der Waals surface area contributed by atoms with Crippen LogP contribution in [0.1, 0.15) is 23.7 Å². The van der Waals surface area contributed by atoms with Gasteiger partial charge in [-0.1, -0.05) is 23.6 Å². The van der Waals surface area contributed by atoms with Crippen LogP contribution in [0.2, 0.25) is 5.02 Å². The Hall–Kier alpha value is -2.96. The molecule has 0 radical (unpaired) electrons. The number of amides is 2. The van der Waals surface area contributed by atoms with Gasteiger partial charge in [0.05, 0.1) is 10.6 Å². The third kappa shape index (κ3) is 4.65. The van der Waals surface area contributed by atoms with Gasteiger partial charge in [-0.3, -0.25) is 14.9 Å². The highest BCUT2D eigenvalue weighted by Crippen LogP contribution is 2.39. The zero-order chi connectivity index (χ0) is 21.1. The Balaban J connectivity index is 2.43. The second kappa shape index (κ2) is 8.37. The van der Waals surface area contributed by atoms with Gasteiger partial charge in [-0.05, 0) is 22.6 Å². The smallest absolute Gasteiger partial charge is 0.426 e. The molecule has 0 unspecified atom stereocenters. The van der Waals surface area contributed by atoms with E-state index < -0.39 is 40.8 Å². The van der Waals surface area contributed by atoms with E-state index in [9.17, 15) is 27.2 Å². The standard InChI is InChI=1S/C14H13ClF4N6O3/c1-3-8(26)20-10-7(28-14(18,19)12(16)17)5-4-6(9(10)15)11(27)21-13-22-23-24-25(13)2/h4-5,12H,3H2,1-2H3,(H,20,26)(H,21,22,24,27). The molecule has 28 heavy (non-hydrogen) atoms. The molecule has 2 rings (SSSR count). The first-order valence-electron chi connectivity index (χ1n) is 7.57. The first kappa shape index (κ1) is 21.3. The lowest BCUT2D eigenvalue weighted by Gasteiger charge is -2.21. The second-order valence-corrected chi connectivity index (χ2v) is 5.62. The number of hydrogen-bond donors (Lipinski definition) is 2. The minimum Gasteiger partial charge on any atom is -0.426 e. The number of alkyl halides is 4. The van der Waals surface area contributed by atoms with Gasteiger partial charge in [-0.25, -0.2) is 4.68 Å². The predicted octanol–water partition coefficient (Wildman–Crippen LogP) is 2.70. The normalized spacial score (nSPS) is 11.4. The monoisotopic (exact) mass is 424 g/mol. The van der Waals surface area contributed by atoms with Gasteiger partial charge in [0.25, 0.3) is 5.91 Å². The minimum absolute atomic E-state index is 0.0511. The lowest BCUT2D eigenvalue weighted by Crippen LogP contribution is -2.34. The van der Waals surface area contributed by atoms with Gasteiger partial charge in [-0.2, -0.15) is 17.6 Å². The summed E-state index contributed by atoms with van der Waals surface area (Å²) in [5.74, 6) is -2.41. The fraction of sp³-hybridized carbons (Fsp3) is 0.357. The largest absolute Gasteiger partial charge is 0.461 e. The Morgan fingerprint density at radius 3 is 2.54 bits per heavy atom. The number of benzene rings is 1. The van der Waals surface area contributed by atoms with Crippen LogP contribution in [-0.2, 0) is 11.8 Å². The number of hydrogen-bond acceptors (Lipinski definition) is 6. The molecular formula is C14H13ClF4N6O3. The van der Waals surface area contributed by atoms with Crippen molar-refractivity contribution in [1.29, 1.82) is 0 Å². The summed E-state index contributed by atoms with van der Waals surface area (Å²) in [5.41, 5.74) is -0.832. The molecule has 1 heterocycles. The van der Waals surface area contributed by atoms with Crippen molar-refractivity contribution in [2.75, 3.05) is 10.6 Å². The lowest BCUT2D eigenvalue weighted by molar-refractivity contribution is -0.252. The SMILES string of the molecule is CCC(=O)Nc1c(OC(F)(F)C(F)F)ccc(C(=O)Nc2nnnn2C)c1Cl. The first-order valence-corrected chi connectivity index (χ1v) is 7.95. The molecule has 14 heteroatoms. The number of carbonyl (C=O) groups excluding carboxylic acids is 2. The third-order valence-corrected chi connectivity index (χ3v) is 3.67. The quantitative estimate of drug-likeness (QED) is 0.661. The number of nitrogens with zero attached hydrogens (tertiary/aromatic N) is 4. The fourth-order valence-corrected chi connectivity index (χ4v) is 2.15. The maximum atomic E-state index is 13.3. The Morgan fingerprint density at radius 1 is 1.32 bits per heavy atom. The van der Waals surface area contributed by atoms with Crippen LogP contribution in [0.25, 0.3) is 0 Å². The van der Waals surface area contributed by atoms with Crippen molar-refractivity contribution in [3.05, 3.63) is 22.7 Å². The summed E-state index contributed by atoms with van der Waals surface area (Å²) in [6, 6.07) is 1.76. The molecule has 9 nitrogen and oxygen atoms in total. The molecule has 0 aliphatic rings. The maximum absolute atomic E-state index is 13.3. The highest BCUT2D eigenvalue weighted by atomic mass is 35.5. The number of anilines is 2. The molecule has 0 bridgehead atoms. The minimum atomic E-state index is -4.84. The molecule has 2 N–H and O–H groups in total. The van der Waals surface area contributed by atoms with Crippen molar-refractivity contribution in [2.45, 2.75) is 25.9 Å². The molecular weight excluding hydrogens is 412 g/mol. The van der Waals surface area contributed by atoms with Crippen molar-refractivity contribution < 1.29 is 31.9 Å². The summed E-state index contributed by atoms with van der Waals surface area (Å²) < 4.78 is 56.6. The Kier molecular flexibility index (Phi) is 6.38. The molecule has 0 saturated heterocycles. The first-order chi connectivity index (χ1) is 13.1. The summed E-state index contributed by atoms with van der Waals surface area (Å²) in [4.78, 5) is 24.0. The van der Waals surface area contributed by atoms with Crippen molar-refractivity contribution >= 4 is 35.1 Å². The van der Waals surface area contributed by atoms with E-state index in [1.54, 1.807) is 0 Å². The van der Waals surface area contributed by atoms with Gasteiger partial charge < -0.3 is 10.1 Å². The van der Waals surface area contributed by atoms with Crippen LogP contribution >= 0.6 is 11.6 Å². The van der Waals surface area contributed by atoms with Crippen LogP contribution in [0.4, 0.5) is 29.2 Å². The van der Waals surface area contributed by atoms with Crippen molar-refractivity contribution in [3.63, 3.8) is 0 Å². The molecule has 1 aromatic heterocycles.